The standard InChI is InChI=1S/C15H12ClFN2O/c1-9-8-19(12-5-11(17)6-18-7-12)15(20)13-3-2-10(16)4-14(9)13/h2-7,9H,8H2,1H3. The van der Waals surface area contributed by atoms with Crippen molar-refractivity contribution in [3.8, 4) is 0 Å². The topological polar surface area (TPSA) is 33.2 Å². The number of fused-ring (bicyclic) bond motifs is 1. The number of carbonyl (C=O) groups is 1. The van der Waals surface area contributed by atoms with E-state index in [1.165, 1.54) is 12.3 Å². The summed E-state index contributed by atoms with van der Waals surface area (Å²) in [5, 5.41) is 0.615. The summed E-state index contributed by atoms with van der Waals surface area (Å²) in [6, 6.07) is 6.55. The van der Waals surface area contributed by atoms with Crippen LogP contribution in [0, 0.1) is 5.82 Å². The van der Waals surface area contributed by atoms with Gasteiger partial charge in [-0.05, 0) is 29.7 Å². The zero-order valence-electron chi connectivity index (χ0n) is 10.8. The Kier molecular flexibility index (Phi) is 3.18. The molecule has 2 aromatic rings. The lowest BCUT2D eigenvalue weighted by Gasteiger charge is -2.32. The molecule has 5 heteroatoms. The fraction of sp³-hybridized carbons (Fsp3) is 0.200. The lowest BCUT2D eigenvalue weighted by atomic mass is 9.90. The maximum atomic E-state index is 13.3. The molecule has 20 heavy (non-hydrogen) atoms. The van der Waals surface area contributed by atoms with E-state index in [2.05, 4.69) is 4.98 Å². The summed E-state index contributed by atoms with van der Waals surface area (Å²) in [5.74, 6) is -0.475. The molecular formula is C15H12ClFN2O. The van der Waals surface area contributed by atoms with Crippen LogP contribution in [0.15, 0.2) is 36.7 Å². The smallest absolute Gasteiger partial charge is 0.258 e. The summed E-state index contributed by atoms with van der Waals surface area (Å²) in [6.07, 6.45) is 2.61. The van der Waals surface area contributed by atoms with Crippen LogP contribution in [-0.4, -0.2) is 17.4 Å². The molecule has 1 aromatic carbocycles. The zero-order chi connectivity index (χ0) is 14.3. The average Bonchev–Trinajstić information content (AvgIpc) is 2.42. The highest BCUT2D eigenvalue weighted by Crippen LogP contribution is 2.32. The first-order valence-electron chi connectivity index (χ1n) is 6.28. The Morgan fingerprint density at radius 1 is 1.35 bits per heavy atom. The molecule has 3 rings (SSSR count). The normalized spacial score (nSPS) is 18.1. The van der Waals surface area contributed by atoms with E-state index in [1.54, 1.807) is 17.0 Å². The molecule has 0 radical (unpaired) electrons. The third-order valence-electron chi connectivity index (χ3n) is 3.48. The van der Waals surface area contributed by atoms with Crippen molar-refractivity contribution < 1.29 is 9.18 Å². The summed E-state index contributed by atoms with van der Waals surface area (Å²) < 4.78 is 13.3. The van der Waals surface area contributed by atoms with E-state index >= 15 is 0 Å². The molecule has 0 aliphatic carbocycles. The molecule has 0 saturated heterocycles. The lowest BCUT2D eigenvalue weighted by molar-refractivity contribution is 0.0977. The minimum atomic E-state index is -0.454. The van der Waals surface area contributed by atoms with Gasteiger partial charge in [0.1, 0.15) is 5.82 Å². The number of benzene rings is 1. The van der Waals surface area contributed by atoms with Crippen molar-refractivity contribution in [2.75, 3.05) is 11.4 Å². The molecule has 0 N–H and O–H groups in total. The first-order valence-corrected chi connectivity index (χ1v) is 6.66. The second kappa shape index (κ2) is 4.87. The third-order valence-corrected chi connectivity index (χ3v) is 3.71. The average molecular weight is 291 g/mol. The second-order valence-electron chi connectivity index (χ2n) is 4.91. The van der Waals surface area contributed by atoms with Crippen molar-refractivity contribution in [2.24, 2.45) is 0 Å². The van der Waals surface area contributed by atoms with Crippen LogP contribution in [0.3, 0.4) is 0 Å². The van der Waals surface area contributed by atoms with Crippen molar-refractivity contribution in [3.63, 3.8) is 0 Å². The Bertz CT molecular complexity index is 689. The minimum Gasteiger partial charge on any atom is -0.306 e. The predicted molar refractivity (Wildman–Crippen MR) is 75.7 cm³/mol. The highest BCUT2D eigenvalue weighted by molar-refractivity contribution is 6.30. The van der Waals surface area contributed by atoms with Gasteiger partial charge in [0.2, 0.25) is 0 Å². The summed E-state index contributed by atoms with van der Waals surface area (Å²) in [6.45, 7) is 2.50. The van der Waals surface area contributed by atoms with Crippen LogP contribution in [0.2, 0.25) is 5.02 Å². The van der Waals surface area contributed by atoms with Crippen molar-refractivity contribution in [2.45, 2.75) is 12.8 Å². The number of nitrogens with zero attached hydrogens (tertiary/aromatic N) is 2. The van der Waals surface area contributed by atoms with Crippen molar-refractivity contribution >= 4 is 23.2 Å². The second-order valence-corrected chi connectivity index (χ2v) is 5.35. The fourth-order valence-electron chi connectivity index (χ4n) is 2.51. The van der Waals surface area contributed by atoms with Gasteiger partial charge in [-0.15, -0.1) is 0 Å². The number of anilines is 1. The summed E-state index contributed by atoms with van der Waals surface area (Å²) in [5.41, 5.74) is 2.02. The van der Waals surface area contributed by atoms with Crippen LogP contribution < -0.4 is 4.90 Å². The number of aromatic nitrogens is 1. The van der Waals surface area contributed by atoms with E-state index in [0.29, 0.717) is 22.8 Å². The molecular weight excluding hydrogens is 279 g/mol. The molecule has 3 nitrogen and oxygen atoms in total. The van der Waals surface area contributed by atoms with Gasteiger partial charge in [0.15, 0.2) is 0 Å². The van der Waals surface area contributed by atoms with Gasteiger partial charge in [0.25, 0.3) is 5.91 Å². The zero-order valence-corrected chi connectivity index (χ0v) is 11.6. The van der Waals surface area contributed by atoms with Crippen molar-refractivity contribution in [1.29, 1.82) is 0 Å². The van der Waals surface area contributed by atoms with E-state index < -0.39 is 5.82 Å². The number of rotatable bonds is 1. The van der Waals surface area contributed by atoms with Gasteiger partial charge < -0.3 is 4.90 Å². The molecule has 102 valence electrons. The molecule has 1 unspecified atom stereocenters. The van der Waals surface area contributed by atoms with Crippen LogP contribution in [0.4, 0.5) is 10.1 Å². The number of hydrogen-bond acceptors (Lipinski definition) is 2. The largest absolute Gasteiger partial charge is 0.306 e. The first-order chi connectivity index (χ1) is 9.56. The quantitative estimate of drug-likeness (QED) is 0.803. The fourth-order valence-corrected chi connectivity index (χ4v) is 2.69. The number of hydrogen-bond donors (Lipinski definition) is 0. The van der Waals surface area contributed by atoms with Gasteiger partial charge >= 0.3 is 0 Å². The molecule has 1 aromatic heterocycles. The Hall–Kier alpha value is -1.94. The van der Waals surface area contributed by atoms with Gasteiger partial charge in [-0.1, -0.05) is 18.5 Å². The predicted octanol–water partition coefficient (Wildman–Crippen LogP) is 3.64. The monoisotopic (exact) mass is 290 g/mol. The highest BCUT2D eigenvalue weighted by Gasteiger charge is 2.30. The van der Waals surface area contributed by atoms with Crippen molar-refractivity contribution in [3.05, 3.63) is 58.6 Å². The molecule has 2 heterocycles. The van der Waals surface area contributed by atoms with E-state index in [0.717, 1.165) is 11.8 Å². The Morgan fingerprint density at radius 3 is 2.90 bits per heavy atom. The van der Waals surface area contributed by atoms with Gasteiger partial charge in [-0.25, -0.2) is 4.39 Å². The summed E-state index contributed by atoms with van der Waals surface area (Å²) in [4.78, 5) is 17.9. The third kappa shape index (κ3) is 2.16. The number of carbonyl (C=O) groups excluding carboxylic acids is 1. The lowest BCUT2D eigenvalue weighted by Crippen LogP contribution is -2.39. The number of amides is 1. The number of halogens is 2. The SMILES string of the molecule is CC1CN(c2cncc(F)c2)C(=O)c2ccc(Cl)cc21. The maximum absolute atomic E-state index is 13.3. The van der Waals surface area contributed by atoms with Crippen LogP contribution in [-0.2, 0) is 0 Å². The van der Waals surface area contributed by atoms with Gasteiger partial charge in [0.05, 0.1) is 18.1 Å². The molecule has 0 spiro atoms. The molecule has 0 saturated carbocycles. The molecule has 0 fully saturated rings. The van der Waals surface area contributed by atoms with Crippen LogP contribution in [0.5, 0.6) is 0 Å². The van der Waals surface area contributed by atoms with Crippen LogP contribution >= 0.6 is 11.6 Å². The Morgan fingerprint density at radius 2 is 2.15 bits per heavy atom. The minimum absolute atomic E-state index is 0.129. The van der Waals surface area contributed by atoms with Crippen LogP contribution in [0.1, 0.15) is 28.8 Å². The van der Waals surface area contributed by atoms with E-state index in [4.69, 9.17) is 11.6 Å². The summed E-state index contributed by atoms with van der Waals surface area (Å²) in [7, 11) is 0. The Labute approximate surface area is 121 Å². The van der Waals surface area contributed by atoms with E-state index in [9.17, 15) is 9.18 Å². The molecule has 0 bridgehead atoms. The molecule has 1 atom stereocenters. The van der Waals surface area contributed by atoms with Crippen LogP contribution in [0.25, 0.3) is 0 Å². The Balaban J connectivity index is 2.05. The number of pyridine rings is 1. The molecule has 1 aliphatic heterocycles. The maximum Gasteiger partial charge on any atom is 0.258 e. The molecule has 1 amide bonds. The van der Waals surface area contributed by atoms with Gasteiger partial charge in [0, 0.05) is 23.2 Å². The van der Waals surface area contributed by atoms with Crippen molar-refractivity contribution in [1.82, 2.24) is 4.98 Å². The molecule has 1 aliphatic rings. The highest BCUT2D eigenvalue weighted by atomic mass is 35.5. The van der Waals surface area contributed by atoms with Gasteiger partial charge in [-0.2, -0.15) is 0 Å². The summed E-state index contributed by atoms with van der Waals surface area (Å²) >= 11 is 5.98. The first kappa shape index (κ1) is 13.1. The van der Waals surface area contributed by atoms with Gasteiger partial charge in [-0.3, -0.25) is 9.78 Å². The van der Waals surface area contributed by atoms with E-state index in [-0.39, 0.29) is 11.8 Å². The van der Waals surface area contributed by atoms with E-state index in [1.807, 2.05) is 13.0 Å².